The highest BCUT2D eigenvalue weighted by Crippen LogP contribution is 2.37. The summed E-state index contributed by atoms with van der Waals surface area (Å²) in [6, 6.07) is 15.8. The standard InChI is InChI=1S/C23H25F4N3O2S.C21H23F3N4O2S.C21H24F2N4O2S/c1-33(32)12-8-17(9-13-33)22(31)30-11-10-29(15-20(30)16-2-5-19(24)6-3-16)21-7-4-18(14-28-21)23(25,26)27;1-31(30)8-4-14(5-9-31)20(29)28-7-6-27(21-25-11-16(22)12-26-21)13-19(28)15-2-3-17(23)18(24)10-15;1-30(29)11-5-15(6-12-30)20(28)27-10-9-26(21-24-7-2-8-25-21)14-19(27)16-3-4-17(22)18(23)13-16/h2-7,14,17,20H,1,8-13,15H2;2-3,10-12,14,19H,1,4-9,13H2;2-4,7-8,13,15,19H,1,5-6,9-12,14H2. The van der Waals surface area contributed by atoms with E-state index in [0.29, 0.717) is 154 Å². The van der Waals surface area contributed by atoms with Gasteiger partial charge < -0.3 is 29.4 Å². The van der Waals surface area contributed by atoms with Gasteiger partial charge in [0.1, 0.15) is 11.6 Å². The first kappa shape index (κ1) is 69.1. The number of rotatable bonds is 9. The fraction of sp³-hybridized carbons (Fsp3) is 0.431. The molecule has 9 heterocycles. The van der Waals surface area contributed by atoms with Crippen LogP contribution < -0.4 is 14.7 Å². The Hall–Kier alpha value is -7.79. The zero-order chi connectivity index (χ0) is 67.3. The van der Waals surface area contributed by atoms with Crippen LogP contribution in [0, 0.1) is 52.7 Å². The molecule has 3 aromatic carbocycles. The number of aromatic nitrogens is 5. The van der Waals surface area contributed by atoms with Gasteiger partial charge in [-0.15, -0.1) is 0 Å². The molecular weight excluding hydrogens is 1300 g/mol. The van der Waals surface area contributed by atoms with Crippen LogP contribution in [0.25, 0.3) is 0 Å². The van der Waals surface area contributed by atoms with Crippen LogP contribution in [0.3, 0.4) is 0 Å². The highest BCUT2D eigenvalue weighted by molar-refractivity contribution is 8.00. The first-order valence-corrected chi connectivity index (χ1v) is 36.9. The number of piperazine rings is 3. The number of hydrogen-bond acceptors (Lipinski definition) is 14. The van der Waals surface area contributed by atoms with E-state index in [1.807, 2.05) is 9.80 Å². The average molecular weight is 1370 g/mol. The van der Waals surface area contributed by atoms with Gasteiger partial charge in [-0.3, -0.25) is 27.0 Å². The summed E-state index contributed by atoms with van der Waals surface area (Å²) in [7, 11) is -6.33. The van der Waals surface area contributed by atoms with Crippen molar-refractivity contribution in [3.05, 3.63) is 167 Å². The molecule has 0 aliphatic carbocycles. The minimum absolute atomic E-state index is 0.0340. The number of pyridine rings is 1. The number of carbonyl (C=O) groups excluding carboxylic acids is 3. The molecule has 29 heteroatoms. The summed E-state index contributed by atoms with van der Waals surface area (Å²) in [4.78, 5) is 71.4. The fourth-order valence-electron chi connectivity index (χ4n) is 12.7. The van der Waals surface area contributed by atoms with Gasteiger partial charge in [0.25, 0.3) is 0 Å². The van der Waals surface area contributed by atoms with Gasteiger partial charge in [0, 0.05) is 130 Å². The van der Waals surface area contributed by atoms with Crippen molar-refractivity contribution in [1.82, 2.24) is 39.6 Å². The molecule has 0 bridgehead atoms. The Kier molecular flexibility index (Phi) is 21.3. The normalized spacial score (nSPS) is 26.7. The summed E-state index contributed by atoms with van der Waals surface area (Å²) >= 11 is 0. The van der Waals surface area contributed by atoms with Crippen LogP contribution >= 0.6 is 0 Å². The third kappa shape index (κ3) is 17.0. The first-order valence-electron chi connectivity index (χ1n) is 30.7. The number of amides is 3. The fourth-order valence-corrected chi connectivity index (χ4v) is 17.6. The molecule has 6 aromatic rings. The number of halogens is 9. The summed E-state index contributed by atoms with van der Waals surface area (Å²) < 4.78 is 157. The maximum absolute atomic E-state index is 14.0. The quantitative estimate of drug-likeness (QED) is 0.0992. The molecule has 6 saturated heterocycles. The van der Waals surface area contributed by atoms with Crippen molar-refractivity contribution in [2.45, 2.75) is 62.8 Å². The van der Waals surface area contributed by atoms with E-state index in [9.17, 15) is 66.5 Å². The van der Waals surface area contributed by atoms with Crippen LogP contribution in [0.4, 0.5) is 57.2 Å². The van der Waals surface area contributed by atoms with Gasteiger partial charge in [-0.1, -0.05) is 24.3 Å². The SMILES string of the molecule is C=S1(=O)CCC(C(=O)N2CCN(c3ccc(C(F)(F)F)cn3)CC2c2ccc(F)cc2)CC1.C=S1(=O)CCC(C(=O)N2CCN(c3ncc(F)cn3)CC2c2ccc(F)c(F)c2)CC1.C=S1(=O)CCC(C(=O)N2CCN(c3ncccn3)CC2c2ccc(F)c(F)c2)CC1. The van der Waals surface area contributed by atoms with Gasteiger partial charge in [-0.25, -0.2) is 51.3 Å². The smallest absolute Gasteiger partial charge is 0.352 e. The molecule has 6 aliphatic rings. The molecule has 3 unspecified atom stereocenters. The van der Waals surface area contributed by atoms with Gasteiger partial charge in [0.2, 0.25) is 29.6 Å². The van der Waals surface area contributed by atoms with E-state index in [4.69, 9.17) is 0 Å². The summed E-state index contributed by atoms with van der Waals surface area (Å²) in [5.74, 6) is 9.31. The predicted octanol–water partition coefficient (Wildman–Crippen LogP) is 8.44. The zero-order valence-corrected chi connectivity index (χ0v) is 53.8. The van der Waals surface area contributed by atoms with Gasteiger partial charge in [0.15, 0.2) is 29.1 Å². The third-order valence-electron chi connectivity index (χ3n) is 18.1. The second-order valence-corrected chi connectivity index (χ2v) is 32.7. The van der Waals surface area contributed by atoms with E-state index >= 15 is 0 Å². The topological polar surface area (TPSA) is 186 Å². The Morgan fingerprint density at radius 1 is 0.426 bits per heavy atom. The molecule has 504 valence electrons. The van der Waals surface area contributed by atoms with Crippen LogP contribution in [-0.4, -0.2) is 181 Å². The van der Waals surface area contributed by atoms with E-state index in [1.165, 1.54) is 30.3 Å². The molecule has 3 aromatic heterocycles. The van der Waals surface area contributed by atoms with Crippen molar-refractivity contribution in [2.24, 2.45) is 17.8 Å². The molecule has 0 radical (unpaired) electrons. The van der Waals surface area contributed by atoms with Crippen molar-refractivity contribution in [2.75, 3.05) is 108 Å². The second kappa shape index (κ2) is 29.1. The summed E-state index contributed by atoms with van der Waals surface area (Å²) in [6.07, 6.45) is 4.82. The molecule has 12 rings (SSSR count). The van der Waals surface area contributed by atoms with Crippen molar-refractivity contribution in [3.63, 3.8) is 0 Å². The Morgan fingerprint density at radius 2 is 0.798 bits per heavy atom. The van der Waals surface area contributed by atoms with Crippen molar-refractivity contribution >= 4 is 81.6 Å². The molecule has 17 nitrogen and oxygen atoms in total. The molecule has 0 spiro atoms. The number of hydrogen-bond donors (Lipinski definition) is 0. The van der Waals surface area contributed by atoms with E-state index in [-0.39, 0.29) is 42.0 Å². The molecule has 3 atom stereocenters. The van der Waals surface area contributed by atoms with E-state index in [2.05, 4.69) is 42.5 Å². The Morgan fingerprint density at radius 3 is 1.18 bits per heavy atom. The van der Waals surface area contributed by atoms with Crippen LogP contribution in [0.2, 0.25) is 0 Å². The predicted molar refractivity (Wildman–Crippen MR) is 346 cm³/mol. The summed E-state index contributed by atoms with van der Waals surface area (Å²) in [5.41, 5.74) is 0.892. The lowest BCUT2D eigenvalue weighted by Gasteiger charge is -2.44. The van der Waals surface area contributed by atoms with Gasteiger partial charge in [0.05, 0.1) is 36.1 Å². The number of nitrogens with zero attached hydrogens (tertiary/aromatic N) is 11. The van der Waals surface area contributed by atoms with Gasteiger partial charge in [-0.2, -0.15) is 13.2 Å². The lowest BCUT2D eigenvalue weighted by Crippen LogP contribution is -2.53. The Labute approximate surface area is 540 Å². The number of carbonyl (C=O) groups is 3. The van der Waals surface area contributed by atoms with Crippen LogP contribution in [0.1, 0.15) is 78.9 Å². The monoisotopic (exact) mass is 1370 g/mol. The average Bonchev–Trinajstić information content (AvgIpc) is 0.803. The summed E-state index contributed by atoms with van der Waals surface area (Å²) in [6.45, 7) is 3.37. The highest BCUT2D eigenvalue weighted by Gasteiger charge is 2.41. The minimum atomic E-state index is -4.47. The minimum Gasteiger partial charge on any atom is -0.352 e. The van der Waals surface area contributed by atoms with Crippen molar-refractivity contribution in [1.29, 1.82) is 0 Å². The molecule has 0 N–H and O–H groups in total. The van der Waals surface area contributed by atoms with Gasteiger partial charge >= 0.3 is 6.18 Å². The number of benzene rings is 3. The third-order valence-corrected chi connectivity index (χ3v) is 24.0. The molecular formula is C65H72F9N11O6S3. The van der Waals surface area contributed by atoms with Crippen LogP contribution in [0.15, 0.2) is 110 Å². The van der Waals surface area contributed by atoms with Gasteiger partial charge in [-0.05, 0) is 156 Å². The van der Waals surface area contributed by atoms with Crippen LogP contribution in [0.5, 0.6) is 0 Å². The molecule has 0 saturated carbocycles. The molecule has 3 amide bonds. The maximum Gasteiger partial charge on any atom is 0.417 e. The maximum atomic E-state index is 14.0. The number of alkyl halides is 3. The summed E-state index contributed by atoms with van der Waals surface area (Å²) in [5, 5.41) is 0. The zero-order valence-electron chi connectivity index (χ0n) is 51.3. The van der Waals surface area contributed by atoms with Crippen molar-refractivity contribution in [3.8, 4) is 0 Å². The molecule has 6 aliphatic heterocycles. The first-order chi connectivity index (χ1) is 44.6. The van der Waals surface area contributed by atoms with Crippen LogP contribution in [-0.2, 0) is 49.1 Å². The van der Waals surface area contributed by atoms with E-state index in [0.717, 1.165) is 54.5 Å². The largest absolute Gasteiger partial charge is 0.417 e. The number of anilines is 3. The van der Waals surface area contributed by atoms with Crippen molar-refractivity contribution < 1.29 is 66.5 Å². The highest BCUT2D eigenvalue weighted by atomic mass is 32.2. The molecule has 94 heavy (non-hydrogen) atoms. The lowest BCUT2D eigenvalue weighted by molar-refractivity contribution is -0.139. The lowest BCUT2D eigenvalue weighted by atomic mass is 9.96. The van der Waals surface area contributed by atoms with E-state index < -0.39 is 93.3 Å². The second-order valence-electron chi connectivity index (χ2n) is 24.5. The molecule has 6 fully saturated rings. The Balaban J connectivity index is 0.000000154. The van der Waals surface area contributed by atoms with E-state index in [1.54, 1.807) is 50.2 Å². The Bertz CT molecular complexity index is 3990.